The monoisotopic (exact) mass is 286 g/mol. The van der Waals surface area contributed by atoms with Gasteiger partial charge in [-0.15, -0.1) is 0 Å². The average molecular weight is 286 g/mol. The molecule has 3 rings (SSSR count). The van der Waals surface area contributed by atoms with E-state index in [1.54, 1.807) is 7.11 Å². The van der Waals surface area contributed by atoms with Crippen molar-refractivity contribution in [1.29, 1.82) is 0 Å². The number of hydrazone groups is 1. The molecule has 5 heteroatoms. The summed E-state index contributed by atoms with van der Waals surface area (Å²) in [4.78, 5) is 6.84. The van der Waals surface area contributed by atoms with Gasteiger partial charge in [-0.3, -0.25) is 9.99 Å². The van der Waals surface area contributed by atoms with Crippen molar-refractivity contribution in [3.8, 4) is 0 Å². The predicted octanol–water partition coefficient (Wildman–Crippen LogP) is 1.88. The first-order chi connectivity index (χ1) is 10.3. The standard InChI is InChI=1S/C16H22N4O/c1-13-15-12-20(9-10-21-2)18-16(15)6-8-19(13)11-14-5-3-4-7-17-14/h3-5,7H,6,8-12H2,1-2H3. The SMILES string of the molecule is COCCN1CC2=C(C)N(Cc3ccccn3)CCC2=N1. The van der Waals surface area contributed by atoms with Gasteiger partial charge in [-0.1, -0.05) is 6.07 Å². The number of hydrogen-bond donors (Lipinski definition) is 0. The molecule has 3 heterocycles. The van der Waals surface area contributed by atoms with Crippen molar-refractivity contribution in [2.24, 2.45) is 5.10 Å². The van der Waals surface area contributed by atoms with E-state index in [0.29, 0.717) is 0 Å². The van der Waals surface area contributed by atoms with Gasteiger partial charge in [-0.2, -0.15) is 5.10 Å². The lowest BCUT2D eigenvalue weighted by Crippen LogP contribution is -2.31. The van der Waals surface area contributed by atoms with Crippen LogP contribution in [0.3, 0.4) is 0 Å². The van der Waals surface area contributed by atoms with E-state index in [1.807, 2.05) is 18.3 Å². The summed E-state index contributed by atoms with van der Waals surface area (Å²) in [6, 6.07) is 6.09. The molecule has 0 saturated heterocycles. The number of fused-ring (bicyclic) bond motifs is 1. The average Bonchev–Trinajstić information content (AvgIpc) is 2.93. The molecule has 0 spiro atoms. The lowest BCUT2D eigenvalue weighted by molar-refractivity contribution is 0.159. The van der Waals surface area contributed by atoms with Crippen LogP contribution in [0.4, 0.5) is 0 Å². The molecule has 112 valence electrons. The zero-order valence-electron chi connectivity index (χ0n) is 12.7. The van der Waals surface area contributed by atoms with Crippen molar-refractivity contribution in [3.63, 3.8) is 0 Å². The Morgan fingerprint density at radius 3 is 3.00 bits per heavy atom. The van der Waals surface area contributed by atoms with Gasteiger partial charge in [0.25, 0.3) is 0 Å². The van der Waals surface area contributed by atoms with Gasteiger partial charge in [-0.25, -0.2) is 0 Å². The number of aromatic nitrogens is 1. The number of rotatable bonds is 5. The third kappa shape index (κ3) is 3.08. The first kappa shape index (κ1) is 14.1. The molecule has 2 aliphatic rings. The van der Waals surface area contributed by atoms with Crippen molar-refractivity contribution in [2.75, 3.05) is 33.4 Å². The van der Waals surface area contributed by atoms with Gasteiger partial charge in [0, 0.05) is 37.5 Å². The van der Waals surface area contributed by atoms with E-state index in [-0.39, 0.29) is 0 Å². The quantitative estimate of drug-likeness (QED) is 0.829. The molecule has 21 heavy (non-hydrogen) atoms. The van der Waals surface area contributed by atoms with E-state index in [0.717, 1.165) is 44.9 Å². The Bertz CT molecular complexity index is 553. The number of hydrogen-bond acceptors (Lipinski definition) is 5. The van der Waals surface area contributed by atoms with Crippen LogP contribution in [0.15, 0.2) is 40.8 Å². The minimum Gasteiger partial charge on any atom is -0.383 e. The maximum atomic E-state index is 5.14. The highest BCUT2D eigenvalue weighted by atomic mass is 16.5. The second kappa shape index (κ2) is 6.26. The number of methoxy groups -OCH3 is 1. The third-order valence-corrected chi connectivity index (χ3v) is 4.11. The molecule has 1 aromatic heterocycles. The summed E-state index contributed by atoms with van der Waals surface area (Å²) in [5.41, 5.74) is 5.09. The summed E-state index contributed by atoms with van der Waals surface area (Å²) in [5.74, 6) is 0. The topological polar surface area (TPSA) is 41.0 Å². The molecule has 1 aromatic rings. The van der Waals surface area contributed by atoms with E-state index in [1.165, 1.54) is 17.0 Å². The van der Waals surface area contributed by atoms with Crippen LogP contribution in [0.2, 0.25) is 0 Å². The van der Waals surface area contributed by atoms with Crippen LogP contribution in [0.1, 0.15) is 19.0 Å². The molecule has 0 unspecified atom stereocenters. The van der Waals surface area contributed by atoms with Gasteiger partial charge in [0.1, 0.15) is 0 Å². The molecule has 0 bridgehead atoms. The van der Waals surface area contributed by atoms with Crippen molar-refractivity contribution in [1.82, 2.24) is 14.9 Å². The highest BCUT2D eigenvalue weighted by molar-refractivity contribution is 6.03. The molecular formula is C16H22N4O. The minimum absolute atomic E-state index is 0.723. The molecule has 0 amide bonds. The molecule has 2 aliphatic heterocycles. The Morgan fingerprint density at radius 1 is 1.33 bits per heavy atom. The fourth-order valence-electron chi connectivity index (χ4n) is 2.87. The summed E-state index contributed by atoms with van der Waals surface area (Å²) in [6.07, 6.45) is 2.87. The van der Waals surface area contributed by atoms with E-state index in [9.17, 15) is 0 Å². The Kier molecular flexibility index (Phi) is 4.20. The molecular weight excluding hydrogens is 264 g/mol. The van der Waals surface area contributed by atoms with Crippen molar-refractivity contribution in [3.05, 3.63) is 41.4 Å². The van der Waals surface area contributed by atoms with E-state index in [4.69, 9.17) is 9.84 Å². The number of ether oxygens (including phenoxy) is 1. The second-order valence-corrected chi connectivity index (χ2v) is 5.48. The van der Waals surface area contributed by atoms with Gasteiger partial charge in [0.05, 0.1) is 37.6 Å². The van der Waals surface area contributed by atoms with Crippen molar-refractivity contribution in [2.45, 2.75) is 19.9 Å². The van der Waals surface area contributed by atoms with Crippen molar-refractivity contribution >= 4 is 5.71 Å². The fourth-order valence-corrected chi connectivity index (χ4v) is 2.87. The second-order valence-electron chi connectivity index (χ2n) is 5.48. The molecule has 5 nitrogen and oxygen atoms in total. The largest absolute Gasteiger partial charge is 0.383 e. The van der Waals surface area contributed by atoms with Crippen LogP contribution in [0, 0.1) is 0 Å². The van der Waals surface area contributed by atoms with E-state index in [2.05, 4.69) is 27.9 Å². The first-order valence-electron chi connectivity index (χ1n) is 7.44. The fraction of sp³-hybridized carbons (Fsp3) is 0.500. The van der Waals surface area contributed by atoms with Crippen LogP contribution in [0.5, 0.6) is 0 Å². The lowest BCUT2D eigenvalue weighted by atomic mass is 10.0. The highest BCUT2D eigenvalue weighted by Crippen LogP contribution is 2.26. The Morgan fingerprint density at radius 2 is 2.24 bits per heavy atom. The number of allylic oxidation sites excluding steroid dienone is 1. The summed E-state index contributed by atoms with van der Waals surface area (Å²) in [7, 11) is 1.73. The zero-order chi connectivity index (χ0) is 14.7. The molecule has 0 saturated carbocycles. The van der Waals surface area contributed by atoms with Gasteiger partial charge in [0.2, 0.25) is 0 Å². The van der Waals surface area contributed by atoms with Gasteiger partial charge >= 0.3 is 0 Å². The van der Waals surface area contributed by atoms with Crippen LogP contribution in [-0.4, -0.2) is 54.0 Å². The molecule has 0 aliphatic carbocycles. The lowest BCUT2D eigenvalue weighted by Gasteiger charge is -2.30. The van der Waals surface area contributed by atoms with E-state index < -0.39 is 0 Å². The third-order valence-electron chi connectivity index (χ3n) is 4.11. The van der Waals surface area contributed by atoms with Crippen LogP contribution < -0.4 is 0 Å². The van der Waals surface area contributed by atoms with Gasteiger partial charge in [-0.05, 0) is 19.1 Å². The normalized spacial score (nSPS) is 18.1. The van der Waals surface area contributed by atoms with Gasteiger partial charge in [0.15, 0.2) is 0 Å². The molecule has 0 atom stereocenters. The molecule has 0 N–H and O–H groups in total. The van der Waals surface area contributed by atoms with Crippen LogP contribution in [-0.2, 0) is 11.3 Å². The summed E-state index contributed by atoms with van der Waals surface area (Å²) < 4.78 is 5.14. The maximum absolute atomic E-state index is 5.14. The maximum Gasteiger partial charge on any atom is 0.0690 e. The van der Waals surface area contributed by atoms with Gasteiger partial charge < -0.3 is 9.64 Å². The molecule has 0 fully saturated rings. The summed E-state index contributed by atoms with van der Waals surface area (Å²) >= 11 is 0. The summed E-state index contributed by atoms with van der Waals surface area (Å²) in [6.45, 7) is 6.58. The number of nitrogens with zero attached hydrogens (tertiary/aromatic N) is 4. The van der Waals surface area contributed by atoms with Crippen LogP contribution in [0.25, 0.3) is 0 Å². The smallest absolute Gasteiger partial charge is 0.0690 e. The predicted molar refractivity (Wildman–Crippen MR) is 82.8 cm³/mol. The Balaban J connectivity index is 1.71. The first-order valence-corrected chi connectivity index (χ1v) is 7.44. The Labute approximate surface area is 125 Å². The van der Waals surface area contributed by atoms with E-state index >= 15 is 0 Å². The zero-order valence-corrected chi connectivity index (χ0v) is 12.7. The number of pyridine rings is 1. The highest BCUT2D eigenvalue weighted by Gasteiger charge is 2.28. The minimum atomic E-state index is 0.723. The summed E-state index contributed by atoms with van der Waals surface area (Å²) in [5, 5.41) is 6.82. The van der Waals surface area contributed by atoms with Crippen LogP contribution >= 0.6 is 0 Å². The Hall–Kier alpha value is -1.88. The molecule has 0 aromatic carbocycles. The van der Waals surface area contributed by atoms with Crippen molar-refractivity contribution < 1.29 is 4.74 Å². The molecule has 0 radical (unpaired) electrons.